The highest BCUT2D eigenvalue weighted by Gasteiger charge is 2.49. The number of hydrogen-bond donors (Lipinski definition) is 4. The number of hydrogen-bond acceptors (Lipinski definition) is 4. The molecule has 1 aliphatic carbocycles. The highest BCUT2D eigenvalue weighted by atomic mass is 16.4. The van der Waals surface area contributed by atoms with E-state index in [0.717, 1.165) is 43.2 Å². The van der Waals surface area contributed by atoms with Crippen molar-refractivity contribution in [2.24, 2.45) is 0 Å². The van der Waals surface area contributed by atoms with Gasteiger partial charge in [-0.2, -0.15) is 0 Å². The summed E-state index contributed by atoms with van der Waals surface area (Å²) in [6, 6.07) is 3.12. The predicted octanol–water partition coefficient (Wildman–Crippen LogP) is 2.25. The molecule has 21 heavy (non-hydrogen) atoms. The van der Waals surface area contributed by atoms with Gasteiger partial charge in [-0.1, -0.05) is 19.3 Å². The molecule has 5 nitrogen and oxygen atoms in total. The summed E-state index contributed by atoms with van der Waals surface area (Å²) < 4.78 is 0. The van der Waals surface area contributed by atoms with Crippen LogP contribution in [-0.2, 0) is 16.8 Å². The van der Waals surface area contributed by atoms with Crippen LogP contribution in [0.15, 0.2) is 12.1 Å². The normalized spacial score (nSPS) is 27.3. The van der Waals surface area contributed by atoms with E-state index >= 15 is 0 Å². The van der Waals surface area contributed by atoms with Crippen LogP contribution in [0.4, 0.5) is 0 Å². The second-order valence-corrected chi connectivity index (χ2v) is 6.58. The summed E-state index contributed by atoms with van der Waals surface area (Å²) >= 11 is 0. The molecule has 1 aliphatic heterocycles. The Hall–Kier alpha value is -1.75. The van der Waals surface area contributed by atoms with Gasteiger partial charge in [-0.15, -0.1) is 0 Å². The largest absolute Gasteiger partial charge is 0.504 e. The molecule has 114 valence electrons. The molecule has 0 amide bonds. The Balaban J connectivity index is 2.16. The summed E-state index contributed by atoms with van der Waals surface area (Å²) in [7, 11) is 0. The number of carboxylic acids is 1. The lowest BCUT2D eigenvalue weighted by molar-refractivity contribution is -0.146. The Morgan fingerprint density at radius 1 is 1.14 bits per heavy atom. The van der Waals surface area contributed by atoms with Crippen molar-refractivity contribution in [2.45, 2.75) is 56.5 Å². The average Bonchev–Trinajstić information content (AvgIpc) is 2.42. The Morgan fingerprint density at radius 2 is 1.76 bits per heavy atom. The molecule has 1 spiro atoms. The van der Waals surface area contributed by atoms with Gasteiger partial charge in [0, 0.05) is 12.0 Å². The first-order valence-corrected chi connectivity index (χ1v) is 7.44. The van der Waals surface area contributed by atoms with Gasteiger partial charge in [0.1, 0.15) is 5.54 Å². The van der Waals surface area contributed by atoms with E-state index in [1.54, 1.807) is 13.0 Å². The van der Waals surface area contributed by atoms with E-state index in [1.807, 2.05) is 0 Å². The fraction of sp³-hybridized carbons (Fsp3) is 0.562. The molecule has 5 heteroatoms. The van der Waals surface area contributed by atoms with Gasteiger partial charge >= 0.3 is 5.97 Å². The van der Waals surface area contributed by atoms with E-state index in [9.17, 15) is 20.1 Å². The first-order valence-electron chi connectivity index (χ1n) is 7.44. The number of carboxylic acid groups (broad SMARTS) is 1. The lowest BCUT2D eigenvalue weighted by Crippen LogP contribution is -2.63. The third-order valence-electron chi connectivity index (χ3n) is 4.95. The monoisotopic (exact) mass is 291 g/mol. The molecule has 1 fully saturated rings. The highest BCUT2D eigenvalue weighted by molar-refractivity contribution is 5.80. The van der Waals surface area contributed by atoms with E-state index in [0.29, 0.717) is 6.42 Å². The van der Waals surface area contributed by atoms with Crippen LogP contribution in [0.2, 0.25) is 0 Å². The van der Waals surface area contributed by atoms with Gasteiger partial charge in [0.15, 0.2) is 11.5 Å². The molecule has 4 N–H and O–H groups in total. The number of aromatic hydroxyl groups is 2. The van der Waals surface area contributed by atoms with E-state index in [1.165, 1.54) is 6.07 Å². The summed E-state index contributed by atoms with van der Waals surface area (Å²) in [5, 5.41) is 32.5. The molecule has 1 saturated carbocycles. The molecular formula is C16H21NO4. The third-order valence-corrected chi connectivity index (χ3v) is 4.95. The maximum absolute atomic E-state index is 11.7. The molecule has 1 aromatic rings. The van der Waals surface area contributed by atoms with Gasteiger partial charge in [-0.25, -0.2) is 0 Å². The van der Waals surface area contributed by atoms with Crippen molar-refractivity contribution in [3.8, 4) is 11.5 Å². The van der Waals surface area contributed by atoms with Crippen LogP contribution in [0.1, 0.15) is 50.2 Å². The molecule has 0 saturated heterocycles. The van der Waals surface area contributed by atoms with Crippen LogP contribution in [0.5, 0.6) is 11.5 Å². The minimum absolute atomic E-state index is 0.139. The van der Waals surface area contributed by atoms with Crippen molar-refractivity contribution in [3.63, 3.8) is 0 Å². The van der Waals surface area contributed by atoms with Crippen LogP contribution >= 0.6 is 0 Å². The Kier molecular flexibility index (Phi) is 3.13. The Bertz CT molecular complexity index is 592. The number of aliphatic carboxylic acids is 1. The van der Waals surface area contributed by atoms with Crippen molar-refractivity contribution in [1.29, 1.82) is 0 Å². The first kappa shape index (κ1) is 14.2. The molecule has 0 radical (unpaired) electrons. The number of nitrogens with one attached hydrogen (secondary N) is 1. The molecule has 3 rings (SSSR count). The van der Waals surface area contributed by atoms with E-state index in [4.69, 9.17) is 0 Å². The molecule has 1 heterocycles. The number of benzene rings is 1. The lowest BCUT2D eigenvalue weighted by Gasteiger charge is -2.49. The summed E-state index contributed by atoms with van der Waals surface area (Å²) in [5.74, 6) is -1.21. The van der Waals surface area contributed by atoms with Crippen LogP contribution in [0.25, 0.3) is 0 Å². The molecule has 1 atom stereocenters. The molecule has 0 bridgehead atoms. The minimum Gasteiger partial charge on any atom is -0.504 e. The van der Waals surface area contributed by atoms with Crippen molar-refractivity contribution < 1.29 is 20.1 Å². The Morgan fingerprint density at radius 3 is 2.38 bits per heavy atom. The minimum atomic E-state index is -1.05. The van der Waals surface area contributed by atoms with Crippen molar-refractivity contribution in [1.82, 2.24) is 5.32 Å². The second kappa shape index (κ2) is 4.63. The summed E-state index contributed by atoms with van der Waals surface area (Å²) in [5.41, 5.74) is 0.296. The number of carbonyl (C=O) groups is 1. The van der Waals surface area contributed by atoms with Gasteiger partial charge in [-0.3, -0.25) is 10.1 Å². The third kappa shape index (κ3) is 2.16. The van der Waals surface area contributed by atoms with Crippen LogP contribution < -0.4 is 5.32 Å². The van der Waals surface area contributed by atoms with Crippen molar-refractivity contribution in [3.05, 3.63) is 23.3 Å². The SMILES string of the molecule is C[C@]1(C(=O)O)Cc2cc(O)c(O)cc2C2(CCCCC2)N1. The van der Waals surface area contributed by atoms with Crippen LogP contribution in [-0.4, -0.2) is 26.8 Å². The summed E-state index contributed by atoms with van der Waals surface area (Å²) in [4.78, 5) is 11.7. The Labute approximate surface area is 123 Å². The maximum Gasteiger partial charge on any atom is 0.323 e. The van der Waals surface area contributed by atoms with E-state index < -0.39 is 17.0 Å². The fourth-order valence-electron chi connectivity index (χ4n) is 3.91. The van der Waals surface area contributed by atoms with Gasteiger partial charge in [0.25, 0.3) is 0 Å². The van der Waals surface area contributed by atoms with Gasteiger partial charge in [0.05, 0.1) is 0 Å². The average molecular weight is 291 g/mol. The van der Waals surface area contributed by atoms with Gasteiger partial charge < -0.3 is 15.3 Å². The van der Waals surface area contributed by atoms with Crippen molar-refractivity contribution >= 4 is 5.97 Å². The second-order valence-electron chi connectivity index (χ2n) is 6.58. The maximum atomic E-state index is 11.7. The first-order chi connectivity index (χ1) is 9.86. The summed E-state index contributed by atoms with van der Waals surface area (Å²) in [6.07, 6.45) is 5.22. The zero-order valence-corrected chi connectivity index (χ0v) is 12.1. The number of phenolic OH excluding ortho intramolecular Hbond substituents is 2. The lowest BCUT2D eigenvalue weighted by atomic mass is 9.68. The standard InChI is InChI=1S/C16H21NO4/c1-15(14(20)21)9-10-7-12(18)13(19)8-11(10)16(17-15)5-3-2-4-6-16/h7-8,17-19H,2-6,9H2,1H3,(H,20,21)/t15-/m1/s1. The van der Waals surface area contributed by atoms with E-state index in [2.05, 4.69) is 5.32 Å². The number of rotatable bonds is 1. The highest BCUT2D eigenvalue weighted by Crippen LogP contribution is 2.46. The predicted molar refractivity (Wildman–Crippen MR) is 77.4 cm³/mol. The molecule has 0 aromatic heterocycles. The van der Waals surface area contributed by atoms with Crippen LogP contribution in [0, 0.1) is 0 Å². The fourth-order valence-corrected chi connectivity index (χ4v) is 3.91. The molecule has 1 aromatic carbocycles. The zero-order chi connectivity index (χ0) is 15.3. The van der Waals surface area contributed by atoms with Crippen molar-refractivity contribution in [2.75, 3.05) is 0 Å². The zero-order valence-electron chi connectivity index (χ0n) is 12.1. The van der Waals surface area contributed by atoms with Crippen LogP contribution in [0.3, 0.4) is 0 Å². The molecule has 0 unspecified atom stereocenters. The smallest absolute Gasteiger partial charge is 0.323 e. The molecular weight excluding hydrogens is 270 g/mol. The van der Waals surface area contributed by atoms with Gasteiger partial charge in [-0.05, 0) is 43.0 Å². The van der Waals surface area contributed by atoms with E-state index in [-0.39, 0.29) is 11.5 Å². The topological polar surface area (TPSA) is 89.8 Å². The number of phenols is 2. The number of fused-ring (bicyclic) bond motifs is 2. The van der Waals surface area contributed by atoms with Gasteiger partial charge in [0.2, 0.25) is 0 Å². The summed E-state index contributed by atoms with van der Waals surface area (Å²) in [6.45, 7) is 1.69. The quantitative estimate of drug-likeness (QED) is 0.596. The molecule has 2 aliphatic rings.